The van der Waals surface area contributed by atoms with Gasteiger partial charge in [0.15, 0.2) is 0 Å². The van der Waals surface area contributed by atoms with Gasteiger partial charge in [0, 0.05) is 11.2 Å². The first-order valence-electron chi connectivity index (χ1n) is 5.08. The normalized spacial score (nSPS) is 11.4. The second-order valence-corrected chi connectivity index (χ2v) is 6.59. The average Bonchev–Trinajstić information content (AvgIpc) is 2.30. The molecule has 2 aromatic rings. The number of nitrogens with zero attached hydrogens (tertiary/aromatic N) is 1. The zero-order valence-corrected chi connectivity index (χ0v) is 12.7. The molecule has 4 nitrogen and oxygen atoms in total. The summed E-state index contributed by atoms with van der Waals surface area (Å²) in [6.45, 7) is 0. The highest BCUT2D eigenvalue weighted by atomic mass is 35.5. The van der Waals surface area contributed by atoms with Crippen LogP contribution >= 0.6 is 34.8 Å². The molecule has 0 saturated carbocycles. The molecule has 20 heavy (non-hydrogen) atoms. The van der Waals surface area contributed by atoms with Crippen molar-refractivity contribution in [2.45, 2.75) is 4.90 Å². The van der Waals surface area contributed by atoms with E-state index in [-0.39, 0.29) is 25.8 Å². The Balaban J connectivity index is 2.37. The van der Waals surface area contributed by atoms with Crippen molar-refractivity contribution in [1.29, 1.82) is 0 Å². The predicted octanol–water partition coefficient (Wildman–Crippen LogP) is 3.98. The maximum Gasteiger partial charge on any atom is 0.263 e. The molecule has 0 amide bonds. The van der Waals surface area contributed by atoms with Gasteiger partial charge in [-0.25, -0.2) is 17.8 Å². The minimum absolute atomic E-state index is 0.00758. The summed E-state index contributed by atoms with van der Waals surface area (Å²) in [5.41, 5.74) is -0.0129. The van der Waals surface area contributed by atoms with Gasteiger partial charge in [0.05, 0.1) is 10.7 Å². The van der Waals surface area contributed by atoms with Crippen molar-refractivity contribution in [3.05, 3.63) is 51.5 Å². The summed E-state index contributed by atoms with van der Waals surface area (Å²) in [7, 11) is -3.97. The number of aromatic nitrogens is 1. The molecule has 0 spiro atoms. The van der Waals surface area contributed by atoms with E-state index in [4.69, 9.17) is 34.8 Å². The van der Waals surface area contributed by atoms with E-state index in [9.17, 15) is 12.8 Å². The summed E-state index contributed by atoms with van der Waals surface area (Å²) in [5, 5.41) is 0.0428. The number of sulfonamides is 1. The van der Waals surface area contributed by atoms with E-state index in [2.05, 4.69) is 9.71 Å². The van der Waals surface area contributed by atoms with Crippen LogP contribution in [-0.4, -0.2) is 13.4 Å². The lowest BCUT2D eigenvalue weighted by atomic mass is 10.3. The van der Waals surface area contributed by atoms with Crippen LogP contribution in [0.25, 0.3) is 0 Å². The molecule has 0 atom stereocenters. The molecule has 1 N–H and O–H groups in total. The summed E-state index contributed by atoms with van der Waals surface area (Å²) in [4.78, 5) is 3.43. The Hall–Kier alpha value is -1.08. The average molecular weight is 356 g/mol. The first-order chi connectivity index (χ1) is 9.28. The van der Waals surface area contributed by atoms with Gasteiger partial charge in [0.1, 0.15) is 15.9 Å². The summed E-state index contributed by atoms with van der Waals surface area (Å²) in [5.74, 6) is -0.664. The van der Waals surface area contributed by atoms with Crippen LogP contribution in [0.1, 0.15) is 0 Å². The number of hydrogen-bond donors (Lipinski definition) is 1. The van der Waals surface area contributed by atoms with Gasteiger partial charge in [0.2, 0.25) is 0 Å². The number of pyridine rings is 1. The van der Waals surface area contributed by atoms with Gasteiger partial charge in [0.25, 0.3) is 10.0 Å². The van der Waals surface area contributed by atoms with Crippen LogP contribution in [0.5, 0.6) is 0 Å². The van der Waals surface area contributed by atoms with Gasteiger partial charge in [-0.3, -0.25) is 4.72 Å². The molecule has 0 bridgehead atoms. The maximum atomic E-state index is 13.2. The quantitative estimate of drug-likeness (QED) is 0.847. The second kappa shape index (κ2) is 5.73. The summed E-state index contributed by atoms with van der Waals surface area (Å²) in [6.07, 6.45) is 1.04. The van der Waals surface area contributed by atoms with E-state index in [0.717, 1.165) is 24.4 Å². The molecule has 106 valence electrons. The number of halogens is 4. The highest BCUT2D eigenvalue weighted by molar-refractivity contribution is 7.92. The van der Waals surface area contributed by atoms with Crippen LogP contribution in [0.4, 0.5) is 10.1 Å². The largest absolute Gasteiger partial charge is 0.279 e. The molecule has 9 heteroatoms. The highest BCUT2D eigenvalue weighted by Gasteiger charge is 2.17. The molecule has 1 aromatic carbocycles. The van der Waals surface area contributed by atoms with Gasteiger partial charge in [-0.15, -0.1) is 0 Å². The van der Waals surface area contributed by atoms with Crippen molar-refractivity contribution in [3.8, 4) is 0 Å². The predicted molar refractivity (Wildman–Crippen MR) is 76.5 cm³/mol. The van der Waals surface area contributed by atoms with Crippen molar-refractivity contribution in [3.63, 3.8) is 0 Å². The van der Waals surface area contributed by atoms with Crippen LogP contribution in [0.2, 0.25) is 15.2 Å². The van der Waals surface area contributed by atoms with Gasteiger partial charge in [-0.1, -0.05) is 34.8 Å². The number of rotatable bonds is 3. The van der Waals surface area contributed by atoms with E-state index in [1.807, 2.05) is 0 Å². The highest BCUT2D eigenvalue weighted by Crippen LogP contribution is 2.25. The minimum atomic E-state index is -3.97. The van der Waals surface area contributed by atoms with Crippen molar-refractivity contribution >= 4 is 50.5 Å². The Morgan fingerprint density at radius 1 is 1.10 bits per heavy atom. The van der Waals surface area contributed by atoms with E-state index in [1.54, 1.807) is 0 Å². The lowest BCUT2D eigenvalue weighted by Gasteiger charge is -2.09. The third kappa shape index (κ3) is 3.52. The molecule has 0 aliphatic carbocycles. The molecule has 0 radical (unpaired) electrons. The van der Waals surface area contributed by atoms with Crippen molar-refractivity contribution in [2.75, 3.05) is 4.72 Å². The summed E-state index contributed by atoms with van der Waals surface area (Å²) < 4.78 is 39.5. The van der Waals surface area contributed by atoms with Gasteiger partial charge >= 0.3 is 0 Å². The fraction of sp³-hybridized carbons (Fsp3) is 0. The van der Waals surface area contributed by atoms with Crippen LogP contribution in [0, 0.1) is 5.82 Å². The monoisotopic (exact) mass is 354 g/mol. The lowest BCUT2D eigenvalue weighted by Crippen LogP contribution is -2.13. The molecular formula is C11H6Cl3FN2O2S. The van der Waals surface area contributed by atoms with Gasteiger partial charge < -0.3 is 0 Å². The van der Waals surface area contributed by atoms with E-state index >= 15 is 0 Å². The first kappa shape index (κ1) is 15.3. The van der Waals surface area contributed by atoms with Crippen LogP contribution in [0.15, 0.2) is 35.4 Å². The molecular weight excluding hydrogens is 350 g/mol. The minimum Gasteiger partial charge on any atom is -0.279 e. The molecule has 1 aromatic heterocycles. The SMILES string of the molecule is O=S(=O)(Nc1cc(F)cc(Cl)c1)c1cnc(Cl)c(Cl)c1. The summed E-state index contributed by atoms with van der Waals surface area (Å²) in [6, 6.07) is 4.46. The molecule has 0 unspecified atom stereocenters. The molecule has 0 aliphatic rings. The molecule has 0 aliphatic heterocycles. The van der Waals surface area contributed by atoms with Crippen LogP contribution in [0.3, 0.4) is 0 Å². The molecule has 0 saturated heterocycles. The number of hydrogen-bond acceptors (Lipinski definition) is 3. The fourth-order valence-corrected chi connectivity index (χ4v) is 2.94. The van der Waals surface area contributed by atoms with Gasteiger partial charge in [-0.2, -0.15) is 0 Å². The van der Waals surface area contributed by atoms with E-state index in [1.165, 1.54) is 6.07 Å². The topological polar surface area (TPSA) is 59.1 Å². The third-order valence-electron chi connectivity index (χ3n) is 2.20. The maximum absolute atomic E-state index is 13.2. The van der Waals surface area contributed by atoms with Crippen LogP contribution < -0.4 is 4.72 Å². The standard InChI is InChI=1S/C11H6Cl3FN2O2S/c12-6-1-7(15)3-8(2-6)17-20(18,19)9-4-10(13)11(14)16-5-9/h1-5,17H. The number of benzene rings is 1. The molecule has 0 fully saturated rings. The van der Waals surface area contributed by atoms with Crippen molar-refractivity contribution in [1.82, 2.24) is 4.98 Å². The Bertz CT molecular complexity index is 748. The van der Waals surface area contributed by atoms with E-state index in [0.29, 0.717) is 0 Å². The third-order valence-corrected chi connectivity index (χ3v) is 4.45. The zero-order valence-electron chi connectivity index (χ0n) is 9.57. The molecule has 1 heterocycles. The van der Waals surface area contributed by atoms with E-state index < -0.39 is 15.8 Å². The number of nitrogens with one attached hydrogen (secondary N) is 1. The number of anilines is 1. The summed E-state index contributed by atoms with van der Waals surface area (Å²) >= 11 is 17.0. The Morgan fingerprint density at radius 2 is 1.80 bits per heavy atom. The fourth-order valence-electron chi connectivity index (χ4n) is 1.38. The van der Waals surface area contributed by atoms with Crippen LogP contribution in [-0.2, 0) is 10.0 Å². The van der Waals surface area contributed by atoms with Crippen molar-refractivity contribution in [2.24, 2.45) is 0 Å². The smallest absolute Gasteiger partial charge is 0.263 e. The first-order valence-corrected chi connectivity index (χ1v) is 7.69. The Morgan fingerprint density at radius 3 is 2.40 bits per heavy atom. The Kier molecular flexibility index (Phi) is 4.39. The lowest BCUT2D eigenvalue weighted by molar-refractivity contribution is 0.600. The Labute approximate surface area is 129 Å². The second-order valence-electron chi connectivity index (χ2n) is 3.71. The zero-order chi connectivity index (χ0) is 14.9. The van der Waals surface area contributed by atoms with Crippen molar-refractivity contribution < 1.29 is 12.8 Å². The molecule has 2 rings (SSSR count). The van der Waals surface area contributed by atoms with Gasteiger partial charge in [-0.05, 0) is 24.3 Å².